The van der Waals surface area contributed by atoms with E-state index in [2.05, 4.69) is 5.32 Å². The number of halogens is 1. The van der Waals surface area contributed by atoms with Gasteiger partial charge in [-0.2, -0.15) is 0 Å². The van der Waals surface area contributed by atoms with E-state index < -0.39 is 0 Å². The van der Waals surface area contributed by atoms with Crippen LogP contribution in [0.25, 0.3) is 0 Å². The van der Waals surface area contributed by atoms with Gasteiger partial charge in [0, 0.05) is 5.69 Å². The number of carbonyl (C=O) groups excluding carboxylic acids is 1. The second kappa shape index (κ2) is 6.06. The standard InChI is InChI=1S/C15H15FN2O2/c1-20-14-7-6-12(17)9-13(14)18-15(19)8-10-2-4-11(16)5-3-10/h2-7,9H,8,17H2,1H3,(H,18,19). The van der Waals surface area contributed by atoms with E-state index in [1.807, 2.05) is 0 Å². The van der Waals surface area contributed by atoms with Crippen molar-refractivity contribution >= 4 is 17.3 Å². The largest absolute Gasteiger partial charge is 0.495 e. The molecular formula is C15H15FN2O2. The molecular weight excluding hydrogens is 259 g/mol. The quantitative estimate of drug-likeness (QED) is 0.842. The van der Waals surface area contributed by atoms with E-state index in [9.17, 15) is 9.18 Å². The number of benzene rings is 2. The first-order valence-corrected chi connectivity index (χ1v) is 6.06. The van der Waals surface area contributed by atoms with Crippen LogP contribution in [0.5, 0.6) is 5.75 Å². The van der Waals surface area contributed by atoms with Crippen molar-refractivity contribution < 1.29 is 13.9 Å². The molecule has 1 amide bonds. The zero-order valence-electron chi connectivity index (χ0n) is 11.0. The molecule has 2 aromatic carbocycles. The lowest BCUT2D eigenvalue weighted by atomic mass is 10.1. The fraction of sp³-hybridized carbons (Fsp3) is 0.133. The van der Waals surface area contributed by atoms with Crippen molar-refractivity contribution in [1.82, 2.24) is 0 Å². The third kappa shape index (κ3) is 3.47. The molecule has 3 N–H and O–H groups in total. The average Bonchev–Trinajstić information content (AvgIpc) is 2.41. The summed E-state index contributed by atoms with van der Waals surface area (Å²) in [5.74, 6) is -0.0150. The Balaban J connectivity index is 2.08. The van der Waals surface area contributed by atoms with E-state index in [0.29, 0.717) is 17.1 Å². The predicted octanol–water partition coefficient (Wildman–Crippen LogP) is 2.60. The molecule has 5 heteroatoms. The lowest BCUT2D eigenvalue weighted by molar-refractivity contribution is -0.115. The van der Waals surface area contributed by atoms with Crippen molar-refractivity contribution in [2.45, 2.75) is 6.42 Å². The highest BCUT2D eigenvalue weighted by atomic mass is 19.1. The molecule has 0 atom stereocenters. The van der Waals surface area contributed by atoms with Crippen LogP contribution in [0.15, 0.2) is 42.5 Å². The molecule has 20 heavy (non-hydrogen) atoms. The molecule has 4 nitrogen and oxygen atoms in total. The Morgan fingerprint density at radius 1 is 1.25 bits per heavy atom. The molecule has 0 aliphatic heterocycles. The van der Waals surface area contributed by atoms with E-state index in [1.165, 1.54) is 19.2 Å². The number of hydrogen-bond acceptors (Lipinski definition) is 3. The fourth-order valence-electron chi connectivity index (χ4n) is 1.81. The van der Waals surface area contributed by atoms with Crippen molar-refractivity contribution in [3.8, 4) is 5.75 Å². The van der Waals surface area contributed by atoms with Gasteiger partial charge in [-0.1, -0.05) is 12.1 Å². The lowest BCUT2D eigenvalue weighted by Crippen LogP contribution is -2.15. The monoisotopic (exact) mass is 274 g/mol. The smallest absolute Gasteiger partial charge is 0.228 e. The summed E-state index contributed by atoms with van der Waals surface area (Å²) in [6, 6.07) is 10.8. The van der Waals surface area contributed by atoms with Crippen molar-refractivity contribution in [3.63, 3.8) is 0 Å². The van der Waals surface area contributed by atoms with Gasteiger partial charge in [-0.25, -0.2) is 4.39 Å². The summed E-state index contributed by atoms with van der Waals surface area (Å²) < 4.78 is 17.9. The summed E-state index contributed by atoms with van der Waals surface area (Å²) in [6.07, 6.45) is 0.151. The van der Waals surface area contributed by atoms with Crippen LogP contribution in [0.4, 0.5) is 15.8 Å². The van der Waals surface area contributed by atoms with E-state index in [1.54, 1.807) is 30.3 Å². The summed E-state index contributed by atoms with van der Waals surface area (Å²) in [5.41, 5.74) is 7.45. The fourth-order valence-corrected chi connectivity index (χ4v) is 1.81. The molecule has 0 aliphatic rings. The second-order valence-corrected chi connectivity index (χ2v) is 4.31. The molecule has 0 radical (unpaired) electrons. The zero-order chi connectivity index (χ0) is 14.5. The molecule has 104 valence electrons. The van der Waals surface area contributed by atoms with Crippen LogP contribution in [-0.4, -0.2) is 13.0 Å². The normalized spacial score (nSPS) is 10.1. The predicted molar refractivity (Wildman–Crippen MR) is 76.1 cm³/mol. The Morgan fingerprint density at radius 2 is 1.95 bits per heavy atom. The number of hydrogen-bond donors (Lipinski definition) is 2. The Labute approximate surface area is 116 Å². The average molecular weight is 274 g/mol. The van der Waals surface area contributed by atoms with Crippen molar-refractivity contribution in [3.05, 3.63) is 53.8 Å². The third-order valence-corrected chi connectivity index (χ3v) is 2.78. The van der Waals surface area contributed by atoms with Gasteiger partial charge >= 0.3 is 0 Å². The molecule has 2 aromatic rings. The van der Waals surface area contributed by atoms with Crippen LogP contribution in [0, 0.1) is 5.82 Å². The van der Waals surface area contributed by atoms with Gasteiger partial charge < -0.3 is 15.8 Å². The molecule has 0 fully saturated rings. The van der Waals surface area contributed by atoms with E-state index in [4.69, 9.17) is 10.5 Å². The van der Waals surface area contributed by atoms with Crippen LogP contribution in [0.2, 0.25) is 0 Å². The summed E-state index contributed by atoms with van der Waals surface area (Å²) in [6.45, 7) is 0. The van der Waals surface area contributed by atoms with E-state index >= 15 is 0 Å². The number of carbonyl (C=O) groups is 1. The zero-order valence-corrected chi connectivity index (χ0v) is 11.0. The number of amides is 1. The van der Waals surface area contributed by atoms with Gasteiger partial charge in [-0.15, -0.1) is 0 Å². The molecule has 0 spiro atoms. The highest BCUT2D eigenvalue weighted by Gasteiger charge is 2.09. The maximum absolute atomic E-state index is 12.8. The van der Waals surface area contributed by atoms with Crippen molar-refractivity contribution in [2.24, 2.45) is 0 Å². The van der Waals surface area contributed by atoms with Gasteiger partial charge in [0.05, 0.1) is 19.2 Å². The number of nitrogen functional groups attached to an aromatic ring is 1. The first-order chi connectivity index (χ1) is 9.58. The van der Waals surface area contributed by atoms with E-state index in [0.717, 1.165) is 5.56 Å². The second-order valence-electron chi connectivity index (χ2n) is 4.31. The summed E-state index contributed by atoms with van der Waals surface area (Å²) in [4.78, 5) is 11.9. The Morgan fingerprint density at radius 3 is 2.60 bits per heavy atom. The third-order valence-electron chi connectivity index (χ3n) is 2.78. The number of nitrogens with two attached hydrogens (primary N) is 1. The number of nitrogens with one attached hydrogen (secondary N) is 1. The minimum absolute atomic E-state index is 0.151. The topological polar surface area (TPSA) is 64.3 Å². The van der Waals surface area contributed by atoms with Crippen LogP contribution in [0.3, 0.4) is 0 Å². The number of anilines is 2. The summed E-state index contributed by atoms with van der Waals surface area (Å²) in [5, 5.41) is 2.73. The highest BCUT2D eigenvalue weighted by molar-refractivity contribution is 5.94. The summed E-state index contributed by atoms with van der Waals surface area (Å²) >= 11 is 0. The Bertz CT molecular complexity index is 612. The SMILES string of the molecule is COc1ccc(N)cc1NC(=O)Cc1ccc(F)cc1. The van der Waals surface area contributed by atoms with Crippen molar-refractivity contribution in [1.29, 1.82) is 0 Å². The van der Waals surface area contributed by atoms with Gasteiger partial charge in [0.25, 0.3) is 0 Å². The minimum Gasteiger partial charge on any atom is -0.495 e. The van der Waals surface area contributed by atoms with Crippen LogP contribution < -0.4 is 15.8 Å². The maximum Gasteiger partial charge on any atom is 0.228 e. The maximum atomic E-state index is 12.8. The molecule has 0 unspecified atom stereocenters. The van der Waals surface area contributed by atoms with Gasteiger partial charge in [-0.3, -0.25) is 4.79 Å². The molecule has 0 saturated heterocycles. The van der Waals surface area contributed by atoms with Crippen molar-refractivity contribution in [2.75, 3.05) is 18.2 Å². The molecule has 0 aliphatic carbocycles. The number of ether oxygens (including phenoxy) is 1. The lowest BCUT2D eigenvalue weighted by Gasteiger charge is -2.11. The first-order valence-electron chi connectivity index (χ1n) is 6.06. The molecule has 0 aromatic heterocycles. The van der Waals surface area contributed by atoms with Gasteiger partial charge in [0.1, 0.15) is 11.6 Å². The van der Waals surface area contributed by atoms with Gasteiger partial charge in [0.2, 0.25) is 5.91 Å². The number of methoxy groups -OCH3 is 1. The van der Waals surface area contributed by atoms with Gasteiger partial charge in [0.15, 0.2) is 0 Å². The molecule has 0 heterocycles. The molecule has 2 rings (SSSR count). The highest BCUT2D eigenvalue weighted by Crippen LogP contribution is 2.26. The Hall–Kier alpha value is -2.56. The summed E-state index contributed by atoms with van der Waals surface area (Å²) in [7, 11) is 1.52. The first kappa shape index (κ1) is 13.9. The Kier molecular flexibility index (Phi) is 4.20. The van der Waals surface area contributed by atoms with Crippen LogP contribution >= 0.6 is 0 Å². The molecule has 0 saturated carbocycles. The number of rotatable bonds is 4. The molecule has 0 bridgehead atoms. The minimum atomic E-state index is -0.327. The van der Waals surface area contributed by atoms with Gasteiger partial charge in [-0.05, 0) is 35.9 Å². The van der Waals surface area contributed by atoms with Crippen LogP contribution in [0.1, 0.15) is 5.56 Å². The van der Waals surface area contributed by atoms with Crippen LogP contribution in [-0.2, 0) is 11.2 Å². The van der Waals surface area contributed by atoms with E-state index in [-0.39, 0.29) is 18.1 Å².